The van der Waals surface area contributed by atoms with Gasteiger partial charge in [-0.05, 0) is 31.4 Å². The number of amides is 1. The zero-order valence-corrected chi connectivity index (χ0v) is 14.8. The van der Waals surface area contributed by atoms with Crippen LogP contribution in [0.25, 0.3) is 0 Å². The summed E-state index contributed by atoms with van der Waals surface area (Å²) < 4.78 is 25.9. The molecule has 2 aliphatic rings. The number of hydrogen-bond donors (Lipinski definition) is 2. The topological polar surface area (TPSA) is 78.5 Å². The maximum Gasteiger partial charge on any atom is 0.244 e. The van der Waals surface area contributed by atoms with E-state index in [0.29, 0.717) is 6.54 Å². The molecule has 0 spiro atoms. The van der Waals surface area contributed by atoms with Crippen molar-refractivity contribution in [1.29, 1.82) is 0 Å². The molecule has 3 rings (SSSR count). The lowest BCUT2D eigenvalue weighted by molar-refractivity contribution is -0.119. The van der Waals surface area contributed by atoms with Gasteiger partial charge >= 0.3 is 0 Å². The van der Waals surface area contributed by atoms with Crippen LogP contribution in [0.1, 0.15) is 32.1 Å². The Hall–Kier alpha value is -1.44. The monoisotopic (exact) mass is 351 g/mol. The van der Waals surface area contributed by atoms with Crippen molar-refractivity contribution in [2.45, 2.75) is 50.2 Å². The van der Waals surface area contributed by atoms with Crippen LogP contribution >= 0.6 is 0 Å². The molecule has 0 aromatic heterocycles. The zero-order chi connectivity index (χ0) is 17.2. The molecule has 1 aliphatic heterocycles. The smallest absolute Gasteiger partial charge is 0.244 e. The molecule has 132 valence electrons. The molecular formula is C17H25N3O3S. The van der Waals surface area contributed by atoms with Gasteiger partial charge in [-0.15, -0.1) is 0 Å². The van der Waals surface area contributed by atoms with Crippen LogP contribution < -0.4 is 14.9 Å². The molecule has 2 fully saturated rings. The van der Waals surface area contributed by atoms with E-state index >= 15 is 0 Å². The molecule has 0 bridgehead atoms. The molecule has 3 atom stereocenters. The Labute approximate surface area is 143 Å². The van der Waals surface area contributed by atoms with Crippen molar-refractivity contribution in [1.82, 2.24) is 10.0 Å². The molecule has 1 aromatic carbocycles. The Kier molecular flexibility index (Phi) is 5.22. The number of para-hydroxylation sites is 1. The van der Waals surface area contributed by atoms with Crippen molar-refractivity contribution in [2.75, 3.05) is 17.7 Å². The van der Waals surface area contributed by atoms with Crippen LogP contribution in [-0.4, -0.2) is 45.3 Å². The van der Waals surface area contributed by atoms with Crippen LogP contribution in [0.3, 0.4) is 0 Å². The van der Waals surface area contributed by atoms with Crippen LogP contribution in [0.2, 0.25) is 0 Å². The number of anilines is 1. The van der Waals surface area contributed by atoms with Crippen LogP contribution in [0.15, 0.2) is 30.3 Å². The van der Waals surface area contributed by atoms with Gasteiger partial charge in [0.25, 0.3) is 0 Å². The molecule has 1 heterocycles. The number of carbonyl (C=O) groups excluding carboxylic acids is 1. The van der Waals surface area contributed by atoms with E-state index in [2.05, 4.69) is 10.0 Å². The molecule has 0 unspecified atom stereocenters. The number of hydrogen-bond acceptors (Lipinski definition) is 4. The van der Waals surface area contributed by atoms with Crippen molar-refractivity contribution in [3.8, 4) is 0 Å². The number of nitrogens with one attached hydrogen (secondary N) is 2. The average Bonchev–Trinajstić information content (AvgIpc) is 2.90. The SMILES string of the molecule is CS(=O)(=O)N[C@@H]1CCCC[C@H]1N[C@@H]1CCN(c2ccccc2)C1=O. The van der Waals surface area contributed by atoms with E-state index in [1.165, 1.54) is 6.26 Å². The van der Waals surface area contributed by atoms with E-state index in [9.17, 15) is 13.2 Å². The second-order valence-electron chi connectivity index (χ2n) is 6.72. The van der Waals surface area contributed by atoms with E-state index in [-0.39, 0.29) is 24.0 Å². The lowest BCUT2D eigenvalue weighted by atomic mass is 9.90. The van der Waals surface area contributed by atoms with Crippen LogP contribution in [0.5, 0.6) is 0 Å². The lowest BCUT2D eigenvalue weighted by Crippen LogP contribution is -2.55. The maximum absolute atomic E-state index is 12.7. The van der Waals surface area contributed by atoms with Crippen molar-refractivity contribution < 1.29 is 13.2 Å². The molecule has 24 heavy (non-hydrogen) atoms. The van der Waals surface area contributed by atoms with Gasteiger partial charge in [-0.2, -0.15) is 0 Å². The Morgan fingerprint density at radius 3 is 2.38 bits per heavy atom. The number of benzene rings is 1. The van der Waals surface area contributed by atoms with Gasteiger partial charge in [0.15, 0.2) is 0 Å². The summed E-state index contributed by atoms with van der Waals surface area (Å²) in [5, 5.41) is 3.42. The molecule has 1 amide bonds. The Morgan fingerprint density at radius 2 is 1.71 bits per heavy atom. The van der Waals surface area contributed by atoms with Crippen molar-refractivity contribution in [3.05, 3.63) is 30.3 Å². The Balaban J connectivity index is 1.65. The molecule has 0 radical (unpaired) electrons. The van der Waals surface area contributed by atoms with E-state index in [0.717, 1.165) is 37.8 Å². The Morgan fingerprint density at radius 1 is 1.04 bits per heavy atom. The summed E-state index contributed by atoms with van der Waals surface area (Å²) in [7, 11) is -3.24. The summed E-state index contributed by atoms with van der Waals surface area (Å²) in [5.74, 6) is 0.0740. The largest absolute Gasteiger partial charge is 0.311 e. The third-order valence-electron chi connectivity index (χ3n) is 4.82. The minimum Gasteiger partial charge on any atom is -0.311 e. The molecule has 1 saturated carbocycles. The summed E-state index contributed by atoms with van der Waals surface area (Å²) in [5.41, 5.74) is 0.918. The second-order valence-corrected chi connectivity index (χ2v) is 8.50. The van der Waals surface area contributed by atoms with Gasteiger partial charge < -0.3 is 10.2 Å². The van der Waals surface area contributed by atoms with Gasteiger partial charge in [0.1, 0.15) is 0 Å². The summed E-state index contributed by atoms with van der Waals surface area (Å²) in [6.45, 7) is 0.692. The average molecular weight is 351 g/mol. The van der Waals surface area contributed by atoms with Gasteiger partial charge in [0, 0.05) is 24.3 Å². The summed E-state index contributed by atoms with van der Waals surface area (Å²) in [6.07, 6.45) is 5.71. The summed E-state index contributed by atoms with van der Waals surface area (Å²) in [4.78, 5) is 14.5. The van der Waals surface area contributed by atoms with Crippen molar-refractivity contribution in [3.63, 3.8) is 0 Å². The van der Waals surface area contributed by atoms with E-state index in [1.54, 1.807) is 4.90 Å². The first-order chi connectivity index (χ1) is 11.4. The first-order valence-corrected chi connectivity index (χ1v) is 10.4. The van der Waals surface area contributed by atoms with E-state index in [4.69, 9.17) is 0 Å². The number of rotatable bonds is 5. The maximum atomic E-state index is 12.7. The molecule has 6 nitrogen and oxygen atoms in total. The van der Waals surface area contributed by atoms with Gasteiger partial charge in [-0.1, -0.05) is 31.0 Å². The molecular weight excluding hydrogens is 326 g/mol. The van der Waals surface area contributed by atoms with Gasteiger partial charge in [-0.3, -0.25) is 4.79 Å². The lowest BCUT2D eigenvalue weighted by Gasteiger charge is -2.34. The predicted octanol–water partition coefficient (Wildman–Crippen LogP) is 1.24. The number of carbonyl (C=O) groups is 1. The van der Waals surface area contributed by atoms with E-state index < -0.39 is 10.0 Å². The minimum atomic E-state index is -3.24. The number of sulfonamides is 1. The summed E-state index contributed by atoms with van der Waals surface area (Å²) >= 11 is 0. The van der Waals surface area contributed by atoms with Gasteiger partial charge in [0.05, 0.1) is 12.3 Å². The second kappa shape index (κ2) is 7.21. The standard InChI is InChI=1S/C17H25N3O3S/c1-24(22,23)19-15-10-6-5-9-14(15)18-16-11-12-20(17(16)21)13-7-3-2-4-8-13/h2-4,7-8,14-16,18-19H,5-6,9-12H2,1H3/t14-,15-,16-/m1/s1. The summed E-state index contributed by atoms with van der Waals surface area (Å²) in [6, 6.07) is 9.31. The fourth-order valence-electron chi connectivity index (χ4n) is 3.70. The molecule has 2 N–H and O–H groups in total. The number of nitrogens with zero attached hydrogens (tertiary/aromatic N) is 1. The third kappa shape index (κ3) is 4.15. The normalized spacial score (nSPS) is 28.3. The van der Waals surface area contributed by atoms with Crippen LogP contribution in [-0.2, 0) is 14.8 Å². The van der Waals surface area contributed by atoms with Crippen LogP contribution in [0, 0.1) is 0 Å². The van der Waals surface area contributed by atoms with Gasteiger partial charge in [0.2, 0.25) is 15.9 Å². The highest BCUT2D eigenvalue weighted by Gasteiger charge is 2.36. The van der Waals surface area contributed by atoms with Crippen molar-refractivity contribution in [2.24, 2.45) is 0 Å². The highest BCUT2D eigenvalue weighted by molar-refractivity contribution is 7.88. The molecule has 1 saturated heterocycles. The quantitative estimate of drug-likeness (QED) is 0.837. The first kappa shape index (κ1) is 17.4. The fourth-order valence-corrected chi connectivity index (χ4v) is 4.54. The highest BCUT2D eigenvalue weighted by Crippen LogP contribution is 2.24. The highest BCUT2D eigenvalue weighted by atomic mass is 32.2. The minimum absolute atomic E-state index is 0.0122. The van der Waals surface area contributed by atoms with Gasteiger partial charge in [-0.25, -0.2) is 13.1 Å². The van der Waals surface area contributed by atoms with Crippen molar-refractivity contribution >= 4 is 21.6 Å². The molecule has 7 heteroatoms. The fraction of sp³-hybridized carbons (Fsp3) is 0.588. The Bertz CT molecular complexity index is 678. The molecule has 1 aliphatic carbocycles. The van der Waals surface area contributed by atoms with Crippen LogP contribution in [0.4, 0.5) is 5.69 Å². The third-order valence-corrected chi connectivity index (χ3v) is 5.55. The predicted molar refractivity (Wildman–Crippen MR) is 94.4 cm³/mol. The zero-order valence-electron chi connectivity index (χ0n) is 13.9. The van der Waals surface area contributed by atoms with E-state index in [1.807, 2.05) is 30.3 Å². The first-order valence-electron chi connectivity index (χ1n) is 8.54. The molecule has 1 aromatic rings.